The van der Waals surface area contributed by atoms with Crippen LogP contribution >= 0.6 is 0 Å². The van der Waals surface area contributed by atoms with Crippen molar-refractivity contribution in [2.45, 2.75) is 97.3 Å². The molecule has 0 bridgehead atoms. The Morgan fingerprint density at radius 1 is 0.857 bits per heavy atom. The van der Waals surface area contributed by atoms with E-state index in [0.717, 1.165) is 12.8 Å². The maximum absolute atomic E-state index is 10.9. The molecule has 0 atom stereocenters. The molecule has 0 saturated heterocycles. The predicted octanol–water partition coefficient (Wildman–Crippen LogP) is 6.04. The maximum Gasteiger partial charge on any atom is 0.368 e. The molecule has 0 aliphatic carbocycles. The summed E-state index contributed by atoms with van der Waals surface area (Å²) in [5.74, 6) is -0.645. The van der Waals surface area contributed by atoms with E-state index in [1.807, 2.05) is 6.08 Å². The van der Waals surface area contributed by atoms with E-state index in [2.05, 4.69) is 11.8 Å². The van der Waals surface area contributed by atoms with Gasteiger partial charge in [0.05, 0.1) is 0 Å². The second-order valence-electron chi connectivity index (χ2n) is 5.94. The van der Waals surface area contributed by atoms with E-state index >= 15 is 0 Å². The number of carbonyl (C=O) groups is 1. The predicted molar refractivity (Wildman–Crippen MR) is 88.2 cm³/mol. The topological polar surface area (TPSA) is 46.5 Å². The first-order chi connectivity index (χ1) is 10.2. The first kappa shape index (κ1) is 20.2. The van der Waals surface area contributed by atoms with Crippen molar-refractivity contribution in [1.29, 1.82) is 0 Å². The van der Waals surface area contributed by atoms with Gasteiger partial charge in [-0.1, -0.05) is 83.6 Å². The van der Waals surface area contributed by atoms with Crippen molar-refractivity contribution < 1.29 is 14.9 Å². The van der Waals surface area contributed by atoms with Gasteiger partial charge in [0.25, 0.3) is 0 Å². The fourth-order valence-electron chi connectivity index (χ4n) is 2.46. The number of allylic oxidation sites excluding steroid dienone is 1. The van der Waals surface area contributed by atoms with Crippen LogP contribution in [0.1, 0.15) is 97.3 Å². The highest BCUT2D eigenvalue weighted by Crippen LogP contribution is 2.13. The number of rotatable bonds is 14. The molecule has 0 aromatic rings. The summed E-state index contributed by atoms with van der Waals surface area (Å²) in [6, 6.07) is 0. The quantitative estimate of drug-likeness (QED) is 0.184. The molecule has 3 nitrogen and oxygen atoms in total. The summed E-state index contributed by atoms with van der Waals surface area (Å²) < 4.78 is 0. The van der Waals surface area contributed by atoms with Crippen molar-refractivity contribution in [3.63, 3.8) is 0 Å². The van der Waals surface area contributed by atoms with Crippen LogP contribution in [-0.2, 0) is 9.68 Å². The molecule has 0 rings (SSSR count). The lowest BCUT2D eigenvalue weighted by Gasteiger charge is -2.02. The van der Waals surface area contributed by atoms with E-state index in [1.165, 1.54) is 70.6 Å². The van der Waals surface area contributed by atoms with Crippen molar-refractivity contribution >= 4 is 5.97 Å². The minimum absolute atomic E-state index is 0.487. The first-order valence-corrected chi connectivity index (χ1v) is 8.74. The van der Waals surface area contributed by atoms with Gasteiger partial charge in [0.1, 0.15) is 0 Å². The van der Waals surface area contributed by atoms with Gasteiger partial charge >= 0.3 is 5.97 Å². The van der Waals surface area contributed by atoms with Crippen molar-refractivity contribution in [3.05, 3.63) is 11.6 Å². The number of hydrogen-bond donors (Lipinski definition) is 1. The van der Waals surface area contributed by atoms with Gasteiger partial charge in [0.2, 0.25) is 0 Å². The molecule has 0 aliphatic rings. The van der Waals surface area contributed by atoms with Crippen LogP contribution in [0.5, 0.6) is 0 Å². The van der Waals surface area contributed by atoms with Crippen LogP contribution in [0, 0.1) is 0 Å². The largest absolute Gasteiger partial charge is 0.368 e. The minimum Gasteiger partial charge on any atom is -0.296 e. The summed E-state index contributed by atoms with van der Waals surface area (Å²) >= 11 is 0. The van der Waals surface area contributed by atoms with Gasteiger partial charge in [0, 0.05) is 5.57 Å². The second-order valence-corrected chi connectivity index (χ2v) is 5.94. The zero-order valence-corrected chi connectivity index (χ0v) is 14.0. The third kappa shape index (κ3) is 13.9. The Bertz CT molecular complexity index is 272. The molecular weight excluding hydrogens is 264 g/mol. The van der Waals surface area contributed by atoms with E-state index in [9.17, 15) is 4.79 Å². The van der Waals surface area contributed by atoms with Gasteiger partial charge in [0.15, 0.2) is 0 Å². The molecule has 0 spiro atoms. The van der Waals surface area contributed by atoms with Crippen molar-refractivity contribution in [2.24, 2.45) is 0 Å². The number of unbranched alkanes of at least 4 members (excludes halogenated alkanes) is 12. The molecule has 0 saturated carbocycles. The lowest BCUT2D eigenvalue weighted by atomic mass is 10.0. The smallest absolute Gasteiger partial charge is 0.296 e. The standard InChI is InChI=1S/C18H34O3/c1-3-4-5-6-7-8-9-10-11-12-13-14-15-16-17(2)18(19)21-20/h16,20H,3-15H2,1-2H3. The minimum atomic E-state index is -0.645. The summed E-state index contributed by atoms with van der Waals surface area (Å²) in [6.07, 6.45) is 18.8. The average Bonchev–Trinajstić information content (AvgIpc) is 2.50. The Labute approximate surface area is 130 Å². The molecule has 0 aromatic heterocycles. The van der Waals surface area contributed by atoms with Crippen LogP contribution in [0.4, 0.5) is 0 Å². The van der Waals surface area contributed by atoms with Crippen molar-refractivity contribution in [3.8, 4) is 0 Å². The van der Waals surface area contributed by atoms with Gasteiger partial charge in [-0.25, -0.2) is 4.79 Å². The summed E-state index contributed by atoms with van der Waals surface area (Å²) in [5.41, 5.74) is 0.487. The highest BCUT2D eigenvalue weighted by Gasteiger charge is 2.03. The lowest BCUT2D eigenvalue weighted by Crippen LogP contribution is -2.01. The highest BCUT2D eigenvalue weighted by atomic mass is 17.1. The summed E-state index contributed by atoms with van der Waals surface area (Å²) in [7, 11) is 0. The second kappa shape index (κ2) is 15.6. The van der Waals surface area contributed by atoms with Gasteiger partial charge in [-0.2, -0.15) is 5.26 Å². The van der Waals surface area contributed by atoms with Gasteiger partial charge < -0.3 is 0 Å². The molecule has 0 aliphatic heterocycles. The molecule has 3 heteroatoms. The lowest BCUT2D eigenvalue weighted by molar-refractivity contribution is -0.229. The van der Waals surface area contributed by atoms with Crippen LogP contribution in [0.2, 0.25) is 0 Å². The third-order valence-electron chi connectivity index (χ3n) is 3.91. The molecule has 0 aromatic carbocycles. The highest BCUT2D eigenvalue weighted by molar-refractivity contribution is 5.87. The van der Waals surface area contributed by atoms with E-state index in [1.54, 1.807) is 6.92 Å². The third-order valence-corrected chi connectivity index (χ3v) is 3.91. The fourth-order valence-corrected chi connectivity index (χ4v) is 2.46. The van der Waals surface area contributed by atoms with Gasteiger partial charge in [-0.05, 0) is 19.8 Å². The van der Waals surface area contributed by atoms with E-state index in [0.29, 0.717) is 5.57 Å². The first-order valence-electron chi connectivity index (χ1n) is 8.74. The normalized spacial score (nSPS) is 11.7. The van der Waals surface area contributed by atoms with Crippen molar-refractivity contribution in [1.82, 2.24) is 0 Å². The maximum atomic E-state index is 10.9. The van der Waals surface area contributed by atoms with Gasteiger partial charge in [-0.15, -0.1) is 0 Å². The monoisotopic (exact) mass is 298 g/mol. The van der Waals surface area contributed by atoms with E-state index < -0.39 is 5.97 Å². The zero-order chi connectivity index (χ0) is 15.8. The van der Waals surface area contributed by atoms with Crippen LogP contribution < -0.4 is 0 Å². The molecule has 124 valence electrons. The van der Waals surface area contributed by atoms with Crippen LogP contribution in [0.3, 0.4) is 0 Å². The van der Waals surface area contributed by atoms with E-state index in [-0.39, 0.29) is 0 Å². The van der Waals surface area contributed by atoms with Crippen LogP contribution in [0.15, 0.2) is 11.6 Å². The zero-order valence-electron chi connectivity index (χ0n) is 14.0. The average molecular weight is 298 g/mol. The molecular formula is C18H34O3. The Balaban J connectivity index is 3.21. The number of hydrogen-bond acceptors (Lipinski definition) is 3. The fraction of sp³-hybridized carbons (Fsp3) is 0.833. The van der Waals surface area contributed by atoms with Gasteiger partial charge in [-0.3, -0.25) is 4.89 Å². The molecule has 21 heavy (non-hydrogen) atoms. The van der Waals surface area contributed by atoms with E-state index in [4.69, 9.17) is 5.26 Å². The van der Waals surface area contributed by atoms with Crippen molar-refractivity contribution in [2.75, 3.05) is 0 Å². The number of carbonyl (C=O) groups excluding carboxylic acids is 1. The summed E-state index contributed by atoms with van der Waals surface area (Å²) in [4.78, 5) is 14.6. The Morgan fingerprint density at radius 3 is 1.71 bits per heavy atom. The van der Waals surface area contributed by atoms with Crippen LogP contribution in [0.25, 0.3) is 0 Å². The Hall–Kier alpha value is -0.830. The Kier molecular flexibility index (Phi) is 14.9. The summed E-state index contributed by atoms with van der Waals surface area (Å²) in [5, 5.41) is 8.22. The Morgan fingerprint density at radius 2 is 1.29 bits per heavy atom. The molecule has 0 amide bonds. The molecule has 0 radical (unpaired) electrons. The molecule has 1 N–H and O–H groups in total. The molecule has 0 unspecified atom stereocenters. The van der Waals surface area contributed by atoms with Crippen LogP contribution in [-0.4, -0.2) is 11.2 Å². The SMILES string of the molecule is CCCCCCCCCCCCCCC=C(C)C(=O)OO. The molecule has 0 fully saturated rings. The summed E-state index contributed by atoms with van der Waals surface area (Å²) in [6.45, 7) is 3.93. The molecule has 0 heterocycles.